The van der Waals surface area contributed by atoms with Crippen LogP contribution >= 0.6 is 0 Å². The van der Waals surface area contributed by atoms with Gasteiger partial charge < -0.3 is 9.84 Å². The largest absolute Gasteiger partial charge is 0.481 e. The summed E-state index contributed by atoms with van der Waals surface area (Å²) in [6.07, 6.45) is -8.63. The van der Waals surface area contributed by atoms with Crippen LogP contribution in [0.4, 0.5) is 18.9 Å². The van der Waals surface area contributed by atoms with Crippen LogP contribution in [0, 0.1) is 24.0 Å². The molecule has 0 bridgehead atoms. The lowest BCUT2D eigenvalue weighted by Crippen LogP contribution is -2.36. The number of ether oxygens (including phenoxy) is 1. The molecular weight excluding hydrogens is 295 g/mol. The summed E-state index contributed by atoms with van der Waals surface area (Å²) < 4.78 is 42.8. The second kappa shape index (κ2) is 5.98. The van der Waals surface area contributed by atoms with E-state index in [2.05, 4.69) is 0 Å². The summed E-state index contributed by atoms with van der Waals surface area (Å²) in [6, 6.07) is 2.17. The van der Waals surface area contributed by atoms with Gasteiger partial charge in [0.2, 0.25) is 6.10 Å². The van der Waals surface area contributed by atoms with Gasteiger partial charge in [0.15, 0.2) is 0 Å². The van der Waals surface area contributed by atoms with Crippen LogP contribution < -0.4 is 4.74 Å². The van der Waals surface area contributed by atoms with E-state index >= 15 is 0 Å². The fourth-order valence-electron chi connectivity index (χ4n) is 1.63. The number of benzene rings is 1. The highest BCUT2D eigenvalue weighted by Gasteiger charge is 2.43. The summed E-state index contributed by atoms with van der Waals surface area (Å²) in [5, 5.41) is 19.2. The van der Waals surface area contributed by atoms with E-state index in [1.165, 1.54) is 13.8 Å². The summed E-state index contributed by atoms with van der Waals surface area (Å²) >= 11 is 0. The normalized spacial score (nSPS) is 12.8. The molecule has 116 valence electrons. The van der Waals surface area contributed by atoms with Gasteiger partial charge in [0, 0.05) is 11.6 Å². The second-order valence-electron chi connectivity index (χ2n) is 4.41. The van der Waals surface area contributed by atoms with E-state index in [-0.39, 0.29) is 22.6 Å². The number of carbonyl (C=O) groups is 1. The molecule has 1 N–H and O–H groups in total. The zero-order valence-electron chi connectivity index (χ0n) is 11.1. The first-order valence-electron chi connectivity index (χ1n) is 5.73. The predicted octanol–water partition coefficient (Wildman–Crippen LogP) is 3.00. The van der Waals surface area contributed by atoms with Crippen molar-refractivity contribution >= 4 is 11.7 Å². The summed E-state index contributed by atoms with van der Waals surface area (Å²) in [5.41, 5.74) is -0.00886. The van der Waals surface area contributed by atoms with E-state index in [9.17, 15) is 28.1 Å². The Labute approximate surface area is 117 Å². The van der Waals surface area contributed by atoms with Crippen molar-refractivity contribution in [1.82, 2.24) is 0 Å². The molecule has 9 heteroatoms. The lowest BCUT2D eigenvalue weighted by Gasteiger charge is -2.21. The molecule has 0 spiro atoms. The number of nitrogens with zero attached hydrogens (tertiary/aromatic N) is 1. The molecule has 0 aliphatic rings. The van der Waals surface area contributed by atoms with Crippen LogP contribution in [0.2, 0.25) is 0 Å². The number of halogens is 3. The fraction of sp³-hybridized carbons (Fsp3) is 0.417. The standard InChI is InChI=1S/C12H12F3NO5/c1-6-4-9(7(2)3-8(6)16(19)20)21-10(5-11(17)18)12(13,14)15/h3-4,10H,5H2,1-2H3,(H,17,18). The molecule has 6 nitrogen and oxygen atoms in total. The van der Waals surface area contributed by atoms with Crippen molar-refractivity contribution < 1.29 is 32.7 Å². The number of hydrogen-bond acceptors (Lipinski definition) is 4. The molecule has 0 heterocycles. The third kappa shape index (κ3) is 4.33. The molecule has 0 aliphatic heterocycles. The second-order valence-corrected chi connectivity index (χ2v) is 4.41. The Hall–Kier alpha value is -2.32. The topological polar surface area (TPSA) is 89.7 Å². The summed E-state index contributed by atoms with van der Waals surface area (Å²) in [7, 11) is 0. The number of nitro groups is 1. The van der Waals surface area contributed by atoms with Crippen LogP contribution in [-0.4, -0.2) is 28.3 Å². The minimum atomic E-state index is -4.86. The van der Waals surface area contributed by atoms with Gasteiger partial charge in [-0.25, -0.2) is 0 Å². The maximum atomic E-state index is 12.7. The third-order valence-corrected chi connectivity index (χ3v) is 2.68. The van der Waals surface area contributed by atoms with E-state index in [1.807, 2.05) is 0 Å². The first-order chi connectivity index (χ1) is 9.52. The highest BCUT2D eigenvalue weighted by Crippen LogP contribution is 2.32. The zero-order chi connectivity index (χ0) is 16.4. The monoisotopic (exact) mass is 307 g/mol. The molecule has 0 aliphatic carbocycles. The van der Waals surface area contributed by atoms with Crippen molar-refractivity contribution in [3.63, 3.8) is 0 Å². The highest BCUT2D eigenvalue weighted by molar-refractivity contribution is 5.67. The fourth-order valence-corrected chi connectivity index (χ4v) is 1.63. The van der Waals surface area contributed by atoms with E-state index < -0.39 is 29.6 Å². The molecule has 0 saturated heterocycles. The van der Waals surface area contributed by atoms with Crippen molar-refractivity contribution in [2.75, 3.05) is 0 Å². The number of aryl methyl sites for hydroxylation is 2. The molecule has 1 rings (SSSR count). The van der Waals surface area contributed by atoms with Crippen molar-refractivity contribution in [1.29, 1.82) is 0 Å². The Kier molecular flexibility index (Phi) is 4.77. The van der Waals surface area contributed by atoms with Gasteiger partial charge in [0.25, 0.3) is 5.69 Å². The highest BCUT2D eigenvalue weighted by atomic mass is 19.4. The summed E-state index contributed by atoms with van der Waals surface area (Å²) in [6.45, 7) is 2.69. The van der Waals surface area contributed by atoms with Crippen LogP contribution in [0.25, 0.3) is 0 Å². The number of rotatable bonds is 5. The van der Waals surface area contributed by atoms with Crippen LogP contribution in [0.1, 0.15) is 17.5 Å². The van der Waals surface area contributed by atoms with Gasteiger partial charge >= 0.3 is 12.1 Å². The van der Waals surface area contributed by atoms with Gasteiger partial charge in [-0.3, -0.25) is 14.9 Å². The molecule has 1 aromatic rings. The van der Waals surface area contributed by atoms with E-state index in [0.717, 1.165) is 12.1 Å². The Balaban J connectivity index is 3.13. The first-order valence-corrected chi connectivity index (χ1v) is 5.73. The molecular formula is C12H12F3NO5. The SMILES string of the molecule is Cc1cc([N+](=O)[O-])c(C)cc1OC(CC(=O)O)C(F)(F)F. The van der Waals surface area contributed by atoms with Crippen molar-refractivity contribution in [2.24, 2.45) is 0 Å². The van der Waals surface area contributed by atoms with Gasteiger partial charge in [0.05, 0.1) is 11.3 Å². The molecule has 21 heavy (non-hydrogen) atoms. The minimum absolute atomic E-state index is 0.118. The predicted molar refractivity (Wildman–Crippen MR) is 65.3 cm³/mol. The average Bonchev–Trinajstić information content (AvgIpc) is 2.30. The maximum absolute atomic E-state index is 12.7. The molecule has 1 atom stereocenters. The zero-order valence-corrected chi connectivity index (χ0v) is 11.1. The first kappa shape index (κ1) is 16.7. The van der Waals surface area contributed by atoms with E-state index in [4.69, 9.17) is 9.84 Å². The van der Waals surface area contributed by atoms with Crippen LogP contribution in [0.5, 0.6) is 5.75 Å². The number of nitro benzene ring substituents is 1. The maximum Gasteiger partial charge on any atom is 0.426 e. The molecule has 1 aromatic carbocycles. The Morgan fingerprint density at radius 3 is 2.38 bits per heavy atom. The number of hydrogen-bond donors (Lipinski definition) is 1. The molecule has 0 fully saturated rings. The smallest absolute Gasteiger partial charge is 0.426 e. The van der Waals surface area contributed by atoms with Gasteiger partial charge in [-0.2, -0.15) is 13.2 Å². The number of carboxylic acids is 1. The Bertz CT molecular complexity index is 571. The van der Waals surface area contributed by atoms with Crippen molar-refractivity contribution in [3.05, 3.63) is 33.4 Å². The molecule has 0 radical (unpaired) electrons. The Morgan fingerprint density at radius 1 is 1.38 bits per heavy atom. The minimum Gasteiger partial charge on any atom is -0.481 e. The van der Waals surface area contributed by atoms with Crippen molar-refractivity contribution in [2.45, 2.75) is 32.5 Å². The molecule has 1 unspecified atom stereocenters. The molecule has 0 aromatic heterocycles. The van der Waals surface area contributed by atoms with Gasteiger partial charge in [0.1, 0.15) is 5.75 Å². The van der Waals surface area contributed by atoms with Crippen LogP contribution in [-0.2, 0) is 4.79 Å². The van der Waals surface area contributed by atoms with E-state index in [1.54, 1.807) is 0 Å². The lowest BCUT2D eigenvalue weighted by atomic mass is 10.1. The van der Waals surface area contributed by atoms with Gasteiger partial charge in [-0.1, -0.05) is 0 Å². The van der Waals surface area contributed by atoms with E-state index in [0.29, 0.717) is 0 Å². The molecule has 0 saturated carbocycles. The summed E-state index contributed by atoms with van der Waals surface area (Å²) in [5.74, 6) is -1.89. The van der Waals surface area contributed by atoms with Crippen molar-refractivity contribution in [3.8, 4) is 5.75 Å². The number of aliphatic carboxylic acids is 1. The quantitative estimate of drug-likeness (QED) is 0.667. The van der Waals surface area contributed by atoms with Crippen LogP contribution in [0.3, 0.4) is 0 Å². The van der Waals surface area contributed by atoms with Gasteiger partial charge in [-0.05, 0) is 25.5 Å². The molecule has 0 amide bonds. The summed E-state index contributed by atoms with van der Waals surface area (Å²) in [4.78, 5) is 20.5. The number of alkyl halides is 3. The Morgan fingerprint density at radius 2 is 1.95 bits per heavy atom. The lowest BCUT2D eigenvalue weighted by molar-refractivity contribution is -0.385. The number of carboxylic acid groups (broad SMARTS) is 1. The van der Waals surface area contributed by atoms with Gasteiger partial charge in [-0.15, -0.1) is 0 Å². The average molecular weight is 307 g/mol. The van der Waals surface area contributed by atoms with Crippen LogP contribution in [0.15, 0.2) is 12.1 Å². The third-order valence-electron chi connectivity index (χ3n) is 2.68.